The third-order valence-electron chi connectivity index (χ3n) is 3.36. The van der Waals surface area contributed by atoms with Gasteiger partial charge in [-0.05, 0) is 38.1 Å². The van der Waals surface area contributed by atoms with E-state index in [-0.39, 0.29) is 0 Å². The van der Waals surface area contributed by atoms with Crippen molar-refractivity contribution in [2.24, 2.45) is 0 Å². The molecule has 1 aliphatic heterocycles. The predicted octanol–water partition coefficient (Wildman–Crippen LogP) is 3.41. The summed E-state index contributed by atoms with van der Waals surface area (Å²) in [5.41, 5.74) is 1.84. The molecule has 0 aliphatic carbocycles. The highest BCUT2D eigenvalue weighted by molar-refractivity contribution is 7.99. The van der Waals surface area contributed by atoms with Crippen LogP contribution in [-0.4, -0.2) is 35.3 Å². The molecule has 0 amide bonds. The van der Waals surface area contributed by atoms with Crippen molar-refractivity contribution in [2.45, 2.75) is 24.5 Å². The molecule has 0 N–H and O–H groups in total. The van der Waals surface area contributed by atoms with Crippen LogP contribution in [-0.2, 0) is 0 Å². The van der Waals surface area contributed by atoms with E-state index in [2.05, 4.69) is 9.88 Å². The van der Waals surface area contributed by atoms with Gasteiger partial charge in [-0.3, -0.25) is 0 Å². The van der Waals surface area contributed by atoms with Crippen LogP contribution < -0.4 is 0 Å². The normalized spacial score (nSPS) is 17.3. The first kappa shape index (κ1) is 12.1. The van der Waals surface area contributed by atoms with E-state index in [1.807, 2.05) is 24.3 Å². The van der Waals surface area contributed by atoms with Gasteiger partial charge in [-0.25, -0.2) is 4.98 Å². The largest absolute Gasteiger partial charge is 0.431 e. The van der Waals surface area contributed by atoms with Gasteiger partial charge in [0.05, 0.1) is 0 Å². The second-order valence-electron chi connectivity index (χ2n) is 4.70. The number of rotatable bonds is 4. The number of fused-ring (bicyclic) bond motifs is 1. The number of nitrogens with zero attached hydrogens (tertiary/aromatic N) is 2. The van der Waals surface area contributed by atoms with Crippen LogP contribution in [0.3, 0.4) is 0 Å². The first-order valence-corrected chi connectivity index (χ1v) is 7.61. The summed E-state index contributed by atoms with van der Waals surface area (Å²) in [6.07, 6.45) is 4.11. The third kappa shape index (κ3) is 2.87. The minimum absolute atomic E-state index is 0.799. The zero-order valence-electron chi connectivity index (χ0n) is 10.5. The lowest BCUT2D eigenvalue weighted by Crippen LogP contribution is -2.31. The second-order valence-corrected chi connectivity index (χ2v) is 5.74. The molecular weight excluding hydrogens is 244 g/mol. The number of aromatic nitrogens is 1. The highest BCUT2D eigenvalue weighted by atomic mass is 32.2. The van der Waals surface area contributed by atoms with Gasteiger partial charge < -0.3 is 9.32 Å². The summed E-state index contributed by atoms with van der Waals surface area (Å²) in [4.78, 5) is 7.01. The first-order valence-electron chi connectivity index (χ1n) is 6.62. The van der Waals surface area contributed by atoms with Gasteiger partial charge in [0.15, 0.2) is 5.58 Å². The van der Waals surface area contributed by atoms with Gasteiger partial charge >= 0.3 is 0 Å². The van der Waals surface area contributed by atoms with Crippen LogP contribution in [0.2, 0.25) is 0 Å². The van der Waals surface area contributed by atoms with Crippen molar-refractivity contribution in [2.75, 3.05) is 25.4 Å². The molecule has 0 saturated carbocycles. The zero-order chi connectivity index (χ0) is 12.2. The van der Waals surface area contributed by atoms with Crippen LogP contribution in [0.1, 0.15) is 19.3 Å². The summed E-state index contributed by atoms with van der Waals surface area (Å²) < 4.78 is 5.69. The molecule has 2 heterocycles. The zero-order valence-corrected chi connectivity index (χ0v) is 11.3. The molecule has 96 valence electrons. The lowest BCUT2D eigenvalue weighted by atomic mass is 10.1. The first-order chi connectivity index (χ1) is 8.92. The summed E-state index contributed by atoms with van der Waals surface area (Å²) in [6.45, 7) is 3.66. The molecule has 0 atom stereocenters. The topological polar surface area (TPSA) is 29.3 Å². The average Bonchev–Trinajstić information content (AvgIpc) is 2.82. The van der Waals surface area contributed by atoms with Gasteiger partial charge in [-0.1, -0.05) is 30.3 Å². The van der Waals surface area contributed by atoms with Gasteiger partial charge in [0.25, 0.3) is 5.22 Å². The van der Waals surface area contributed by atoms with E-state index in [1.54, 1.807) is 11.8 Å². The van der Waals surface area contributed by atoms with Crippen molar-refractivity contribution >= 4 is 22.9 Å². The predicted molar refractivity (Wildman–Crippen MR) is 75.0 cm³/mol. The molecule has 0 bridgehead atoms. The maximum Gasteiger partial charge on any atom is 0.256 e. The number of hydrogen-bond donors (Lipinski definition) is 0. The Bertz CT molecular complexity index is 472. The summed E-state index contributed by atoms with van der Waals surface area (Å²) in [6, 6.07) is 7.94. The smallest absolute Gasteiger partial charge is 0.256 e. The number of piperidine rings is 1. The molecule has 1 fully saturated rings. The van der Waals surface area contributed by atoms with E-state index in [1.165, 1.54) is 32.4 Å². The number of benzene rings is 1. The number of para-hydroxylation sites is 2. The van der Waals surface area contributed by atoms with Crippen molar-refractivity contribution in [1.82, 2.24) is 9.88 Å². The molecule has 1 aliphatic rings. The van der Waals surface area contributed by atoms with E-state index in [0.717, 1.165) is 28.6 Å². The summed E-state index contributed by atoms with van der Waals surface area (Å²) >= 11 is 1.72. The van der Waals surface area contributed by atoms with Crippen molar-refractivity contribution in [3.05, 3.63) is 24.3 Å². The van der Waals surface area contributed by atoms with Gasteiger partial charge in [0.2, 0.25) is 0 Å². The molecule has 0 radical (unpaired) electrons. The number of likely N-dealkylation sites (tertiary alicyclic amines) is 1. The molecule has 2 aromatic rings. The lowest BCUT2D eigenvalue weighted by Gasteiger charge is -2.25. The van der Waals surface area contributed by atoms with E-state index in [9.17, 15) is 0 Å². The molecule has 1 aromatic heterocycles. The van der Waals surface area contributed by atoms with E-state index in [4.69, 9.17) is 4.42 Å². The fourth-order valence-corrected chi connectivity index (χ4v) is 3.19. The molecule has 3 rings (SSSR count). The minimum Gasteiger partial charge on any atom is -0.431 e. The Morgan fingerprint density at radius 3 is 2.83 bits per heavy atom. The van der Waals surface area contributed by atoms with Crippen molar-refractivity contribution < 1.29 is 4.42 Å². The van der Waals surface area contributed by atoms with E-state index >= 15 is 0 Å². The Labute approximate surface area is 112 Å². The Morgan fingerprint density at radius 2 is 2.00 bits per heavy atom. The standard InChI is InChI=1S/C14H18N2OS/c1-4-8-16(9-5-1)10-11-18-14-15-12-6-2-3-7-13(12)17-14/h2-3,6-7H,1,4-5,8-11H2. The summed E-state index contributed by atoms with van der Waals surface area (Å²) in [7, 11) is 0. The van der Waals surface area contributed by atoms with Crippen molar-refractivity contribution in [3.8, 4) is 0 Å². The molecule has 1 saturated heterocycles. The second kappa shape index (κ2) is 5.76. The summed E-state index contributed by atoms with van der Waals surface area (Å²) in [5.74, 6) is 1.06. The molecule has 18 heavy (non-hydrogen) atoms. The van der Waals surface area contributed by atoms with Crippen molar-refractivity contribution in [3.63, 3.8) is 0 Å². The maximum absolute atomic E-state index is 5.69. The molecular formula is C14H18N2OS. The number of hydrogen-bond acceptors (Lipinski definition) is 4. The molecule has 0 unspecified atom stereocenters. The fraction of sp³-hybridized carbons (Fsp3) is 0.500. The summed E-state index contributed by atoms with van der Waals surface area (Å²) in [5, 5.41) is 0.799. The van der Waals surface area contributed by atoms with E-state index < -0.39 is 0 Å². The van der Waals surface area contributed by atoms with E-state index in [0.29, 0.717) is 0 Å². The highest BCUT2D eigenvalue weighted by Crippen LogP contribution is 2.23. The van der Waals surface area contributed by atoms with Crippen LogP contribution in [0, 0.1) is 0 Å². The Kier molecular flexibility index (Phi) is 3.86. The van der Waals surface area contributed by atoms with Crippen LogP contribution in [0.15, 0.2) is 33.9 Å². The van der Waals surface area contributed by atoms with Crippen molar-refractivity contribution in [1.29, 1.82) is 0 Å². The Balaban J connectivity index is 1.53. The van der Waals surface area contributed by atoms with Gasteiger partial charge in [0, 0.05) is 12.3 Å². The molecule has 1 aromatic carbocycles. The van der Waals surface area contributed by atoms with Gasteiger partial charge in [-0.2, -0.15) is 0 Å². The van der Waals surface area contributed by atoms with Crippen LogP contribution in [0.4, 0.5) is 0 Å². The minimum atomic E-state index is 0.799. The Morgan fingerprint density at radius 1 is 1.17 bits per heavy atom. The van der Waals surface area contributed by atoms with Gasteiger partial charge in [0.1, 0.15) is 5.52 Å². The number of thioether (sulfide) groups is 1. The average molecular weight is 262 g/mol. The quantitative estimate of drug-likeness (QED) is 0.790. The number of oxazole rings is 1. The highest BCUT2D eigenvalue weighted by Gasteiger charge is 2.11. The maximum atomic E-state index is 5.69. The molecule has 0 spiro atoms. The molecule has 4 heteroatoms. The monoisotopic (exact) mass is 262 g/mol. The Hall–Kier alpha value is -1.00. The van der Waals surface area contributed by atoms with Crippen LogP contribution >= 0.6 is 11.8 Å². The van der Waals surface area contributed by atoms with Crippen LogP contribution in [0.5, 0.6) is 0 Å². The third-order valence-corrected chi connectivity index (χ3v) is 4.16. The lowest BCUT2D eigenvalue weighted by molar-refractivity contribution is 0.242. The fourth-order valence-electron chi connectivity index (χ4n) is 2.36. The SMILES string of the molecule is c1ccc2oc(SCCN3CCCCC3)nc2c1. The van der Waals surface area contributed by atoms with Gasteiger partial charge in [-0.15, -0.1) is 0 Å². The molecule has 3 nitrogen and oxygen atoms in total. The van der Waals surface area contributed by atoms with Crippen LogP contribution in [0.25, 0.3) is 11.1 Å².